The second-order valence-corrected chi connectivity index (χ2v) is 10.0. The monoisotopic (exact) mass is 427 g/mol. The van der Waals surface area contributed by atoms with Crippen molar-refractivity contribution in [2.24, 2.45) is 0 Å². The highest BCUT2D eigenvalue weighted by Gasteiger charge is 2.32. The van der Waals surface area contributed by atoms with Crippen molar-refractivity contribution < 1.29 is 13.2 Å². The van der Waals surface area contributed by atoms with Crippen molar-refractivity contribution in [3.05, 3.63) is 64.5 Å². The van der Waals surface area contributed by atoms with E-state index >= 15 is 0 Å². The molecule has 8 heteroatoms. The Morgan fingerprint density at radius 1 is 1.24 bits per heavy atom. The van der Waals surface area contributed by atoms with Crippen LogP contribution in [-0.2, 0) is 16.4 Å². The molecule has 1 N–H and O–H groups in total. The average Bonchev–Trinajstić information content (AvgIpc) is 3.23. The Morgan fingerprint density at radius 2 is 2.03 bits per heavy atom. The summed E-state index contributed by atoms with van der Waals surface area (Å²) in [6.45, 7) is 3.85. The van der Waals surface area contributed by atoms with Gasteiger partial charge in [-0.25, -0.2) is 13.4 Å². The first-order chi connectivity index (χ1) is 13.7. The number of hydrogen-bond acceptors (Lipinski definition) is 5. The maximum Gasteiger partial charge on any atom is 0.257 e. The molecule has 150 valence electrons. The summed E-state index contributed by atoms with van der Waals surface area (Å²) in [5.41, 5.74) is 4.98. The molecule has 0 radical (unpaired) electrons. The molecule has 0 saturated heterocycles. The quantitative estimate of drug-likeness (QED) is 0.680. The first-order valence-corrected chi connectivity index (χ1v) is 11.9. The number of aromatic nitrogens is 1. The van der Waals surface area contributed by atoms with Gasteiger partial charge >= 0.3 is 0 Å². The molecule has 0 spiro atoms. The molecule has 0 saturated carbocycles. The molecule has 1 aromatic heterocycles. The molecule has 1 aliphatic rings. The van der Waals surface area contributed by atoms with Gasteiger partial charge in [-0.15, -0.1) is 11.3 Å². The fraction of sp³-hybridized carbons (Fsp3) is 0.238. The highest BCUT2D eigenvalue weighted by molar-refractivity contribution is 7.92. The van der Waals surface area contributed by atoms with Crippen LogP contribution in [-0.4, -0.2) is 31.6 Å². The summed E-state index contributed by atoms with van der Waals surface area (Å²) >= 11 is 1.36. The highest BCUT2D eigenvalue weighted by Crippen LogP contribution is 2.37. The summed E-state index contributed by atoms with van der Waals surface area (Å²) in [5.74, 6) is -0.193. The lowest BCUT2D eigenvalue weighted by Gasteiger charge is -2.21. The van der Waals surface area contributed by atoms with Crippen molar-refractivity contribution in [1.29, 1.82) is 0 Å². The van der Waals surface area contributed by atoms with Crippen LogP contribution in [0.5, 0.6) is 0 Å². The minimum absolute atomic E-state index is 0.102. The minimum Gasteiger partial charge on any atom is -0.298 e. The molecule has 2 aromatic carbocycles. The minimum atomic E-state index is -3.31. The Morgan fingerprint density at radius 3 is 2.76 bits per heavy atom. The van der Waals surface area contributed by atoms with Crippen LogP contribution < -0.4 is 9.62 Å². The molecule has 1 aliphatic heterocycles. The summed E-state index contributed by atoms with van der Waals surface area (Å²) in [6.07, 6.45) is 1.90. The molecule has 0 unspecified atom stereocenters. The summed E-state index contributed by atoms with van der Waals surface area (Å²) in [7, 11) is -3.31. The molecule has 0 aliphatic carbocycles. The Hall–Kier alpha value is -2.71. The second-order valence-electron chi connectivity index (χ2n) is 7.32. The molecule has 0 bridgehead atoms. The van der Waals surface area contributed by atoms with Gasteiger partial charge < -0.3 is 0 Å². The van der Waals surface area contributed by atoms with E-state index in [0.29, 0.717) is 17.1 Å². The van der Waals surface area contributed by atoms with Gasteiger partial charge in [-0.05, 0) is 50.1 Å². The van der Waals surface area contributed by atoms with Crippen LogP contribution in [0.15, 0.2) is 47.8 Å². The van der Waals surface area contributed by atoms with Gasteiger partial charge in [0.05, 0.1) is 17.6 Å². The Kier molecular flexibility index (Phi) is 4.92. The lowest BCUT2D eigenvalue weighted by Crippen LogP contribution is -2.34. The Labute approximate surface area is 174 Å². The van der Waals surface area contributed by atoms with Crippen molar-refractivity contribution in [2.45, 2.75) is 26.3 Å². The molecular formula is C21H21N3O3S2. The molecule has 0 fully saturated rings. The molecule has 1 amide bonds. The molecule has 1 atom stereocenters. The second kappa shape index (κ2) is 7.27. The van der Waals surface area contributed by atoms with Crippen molar-refractivity contribution in [1.82, 2.24) is 4.98 Å². The van der Waals surface area contributed by atoms with Gasteiger partial charge in [-0.3, -0.25) is 14.4 Å². The number of carbonyl (C=O) groups excluding carboxylic acids is 1. The molecule has 29 heavy (non-hydrogen) atoms. The zero-order valence-electron chi connectivity index (χ0n) is 16.3. The molecule has 2 heterocycles. The van der Waals surface area contributed by atoms with E-state index in [2.05, 4.69) is 10.3 Å². The van der Waals surface area contributed by atoms with E-state index in [0.717, 1.165) is 28.1 Å². The van der Waals surface area contributed by atoms with Gasteiger partial charge in [0.25, 0.3) is 5.91 Å². The predicted octanol–water partition coefficient (Wildman–Crippen LogP) is 4.08. The third-order valence-electron chi connectivity index (χ3n) is 4.89. The van der Waals surface area contributed by atoms with E-state index in [1.54, 1.807) is 6.07 Å². The summed E-state index contributed by atoms with van der Waals surface area (Å²) in [6, 6.07) is 13.0. The Bertz CT molecular complexity index is 1200. The molecule has 4 rings (SSSR count). The van der Waals surface area contributed by atoms with Crippen molar-refractivity contribution in [2.75, 3.05) is 15.9 Å². The van der Waals surface area contributed by atoms with Crippen LogP contribution >= 0.6 is 11.3 Å². The van der Waals surface area contributed by atoms with E-state index in [1.165, 1.54) is 21.9 Å². The number of hydrogen-bond donors (Lipinski definition) is 1. The zero-order valence-corrected chi connectivity index (χ0v) is 18.0. The number of aryl methyl sites for hydroxylation is 1. The van der Waals surface area contributed by atoms with Crippen LogP contribution in [0.3, 0.4) is 0 Å². The van der Waals surface area contributed by atoms with Crippen LogP contribution in [0.25, 0.3) is 11.3 Å². The van der Waals surface area contributed by atoms with E-state index in [-0.39, 0.29) is 11.9 Å². The number of carbonyl (C=O) groups is 1. The first-order valence-electron chi connectivity index (χ1n) is 9.18. The van der Waals surface area contributed by atoms with Crippen LogP contribution in [0.4, 0.5) is 10.8 Å². The smallest absolute Gasteiger partial charge is 0.257 e. The van der Waals surface area contributed by atoms with Crippen LogP contribution in [0, 0.1) is 6.92 Å². The van der Waals surface area contributed by atoms with Crippen LogP contribution in [0.2, 0.25) is 0 Å². The summed E-state index contributed by atoms with van der Waals surface area (Å²) in [4.78, 5) is 17.0. The van der Waals surface area contributed by atoms with Gasteiger partial charge in [0.15, 0.2) is 5.13 Å². The van der Waals surface area contributed by atoms with Gasteiger partial charge in [0, 0.05) is 22.5 Å². The predicted molar refractivity (Wildman–Crippen MR) is 117 cm³/mol. The fourth-order valence-corrected chi connectivity index (χ4v) is 5.67. The fourth-order valence-electron chi connectivity index (χ4n) is 3.69. The first kappa shape index (κ1) is 19.6. The molecule has 6 nitrogen and oxygen atoms in total. The normalized spacial score (nSPS) is 16.0. The topological polar surface area (TPSA) is 79.4 Å². The number of amides is 1. The third kappa shape index (κ3) is 3.90. The molecule has 3 aromatic rings. The maximum absolute atomic E-state index is 12.4. The van der Waals surface area contributed by atoms with E-state index in [4.69, 9.17) is 0 Å². The Balaban J connectivity index is 1.56. The number of benzene rings is 2. The largest absolute Gasteiger partial charge is 0.298 e. The van der Waals surface area contributed by atoms with Gasteiger partial charge in [-0.2, -0.15) is 0 Å². The highest BCUT2D eigenvalue weighted by atomic mass is 32.2. The zero-order chi connectivity index (χ0) is 20.8. The number of sulfonamides is 1. The van der Waals surface area contributed by atoms with Crippen molar-refractivity contribution >= 4 is 38.1 Å². The standard InChI is InChI=1S/C21H21N3O3S2/c1-13-5-4-6-16(9-13)20(25)23-21-22-18(12-28-21)15-7-8-19-17(11-15)10-14(2)24(19)29(3,26)27/h4-9,11-12,14H,10H2,1-3H3,(H,22,23,25)/t14-/m1/s1. The number of nitrogens with one attached hydrogen (secondary N) is 1. The maximum atomic E-state index is 12.4. The summed E-state index contributed by atoms with van der Waals surface area (Å²) in [5, 5.41) is 5.26. The third-order valence-corrected chi connectivity index (χ3v) is 6.92. The lowest BCUT2D eigenvalue weighted by atomic mass is 10.1. The number of fused-ring (bicyclic) bond motifs is 1. The lowest BCUT2D eigenvalue weighted by molar-refractivity contribution is 0.102. The average molecular weight is 428 g/mol. The van der Waals surface area contributed by atoms with Crippen molar-refractivity contribution in [3.63, 3.8) is 0 Å². The number of nitrogens with zero attached hydrogens (tertiary/aromatic N) is 2. The van der Waals surface area contributed by atoms with Gasteiger partial charge in [-0.1, -0.05) is 23.8 Å². The van der Waals surface area contributed by atoms with E-state index in [1.807, 2.05) is 55.6 Å². The van der Waals surface area contributed by atoms with E-state index < -0.39 is 10.0 Å². The number of thiazole rings is 1. The van der Waals surface area contributed by atoms with E-state index in [9.17, 15) is 13.2 Å². The van der Waals surface area contributed by atoms with Crippen LogP contribution in [0.1, 0.15) is 28.4 Å². The SMILES string of the molecule is Cc1cccc(C(=O)Nc2nc(-c3ccc4c(c3)C[C@@H](C)N4S(C)(=O)=O)cs2)c1. The number of anilines is 2. The van der Waals surface area contributed by atoms with Gasteiger partial charge in [0.2, 0.25) is 10.0 Å². The summed E-state index contributed by atoms with van der Waals surface area (Å²) < 4.78 is 25.6. The molecular weight excluding hydrogens is 406 g/mol. The van der Waals surface area contributed by atoms with Crippen molar-refractivity contribution in [3.8, 4) is 11.3 Å². The van der Waals surface area contributed by atoms with Gasteiger partial charge in [0.1, 0.15) is 0 Å². The number of rotatable bonds is 4.